The lowest BCUT2D eigenvalue weighted by Gasteiger charge is -2.29. The topological polar surface area (TPSA) is 104 Å². The van der Waals surface area contributed by atoms with E-state index in [0.717, 1.165) is 48.4 Å². The van der Waals surface area contributed by atoms with Crippen molar-refractivity contribution < 1.29 is 37.0 Å². The number of nitriles is 1. The molecule has 1 fully saturated rings. The van der Waals surface area contributed by atoms with Crippen molar-refractivity contribution >= 4 is 40.6 Å². The molecule has 0 radical (unpaired) electrons. The lowest BCUT2D eigenvalue weighted by Crippen LogP contribution is -2.44. The molecule has 2 aromatic rings. The zero-order chi connectivity index (χ0) is 32.3. The van der Waals surface area contributed by atoms with E-state index < -0.39 is 28.7 Å². The monoisotopic (exact) mass is 634 g/mol. The van der Waals surface area contributed by atoms with Gasteiger partial charge in [-0.2, -0.15) is 18.4 Å². The molecule has 44 heavy (non-hydrogen) atoms. The molecular weight excluding hydrogens is 597 g/mol. The van der Waals surface area contributed by atoms with E-state index in [1.165, 1.54) is 6.07 Å². The molecule has 1 N–H and O–H groups in total. The van der Waals surface area contributed by atoms with E-state index in [-0.39, 0.29) is 23.4 Å². The highest BCUT2D eigenvalue weighted by molar-refractivity contribution is 7.81. The first kappa shape index (κ1) is 34.9. The van der Waals surface area contributed by atoms with Gasteiger partial charge in [0.1, 0.15) is 12.1 Å². The fourth-order valence-corrected chi connectivity index (χ4v) is 5.22. The Hall–Kier alpha value is -3.57. The molecule has 1 heterocycles. The molecule has 0 atom stereocenters. The second-order valence-corrected chi connectivity index (χ2v) is 10.9. The molecular formula is C31H37F3N4O5S. The van der Waals surface area contributed by atoms with Crippen molar-refractivity contribution in [3.63, 3.8) is 0 Å². The molecule has 1 amide bonds. The Morgan fingerprint density at radius 2 is 1.70 bits per heavy atom. The number of benzene rings is 2. The van der Waals surface area contributed by atoms with Gasteiger partial charge in [0.25, 0.3) is 5.91 Å². The largest absolute Gasteiger partial charge is 0.464 e. The second-order valence-electron chi connectivity index (χ2n) is 10.5. The van der Waals surface area contributed by atoms with Crippen molar-refractivity contribution in [3.8, 4) is 6.07 Å². The number of alkyl halides is 3. The molecule has 1 aliphatic heterocycles. The van der Waals surface area contributed by atoms with Gasteiger partial charge < -0.3 is 24.4 Å². The summed E-state index contributed by atoms with van der Waals surface area (Å²) in [5, 5.41) is 12.5. The Morgan fingerprint density at radius 3 is 2.36 bits per heavy atom. The van der Waals surface area contributed by atoms with Gasteiger partial charge in [-0.15, -0.1) is 0 Å². The Morgan fingerprint density at radius 1 is 1.02 bits per heavy atom. The maximum atomic E-state index is 13.6. The van der Waals surface area contributed by atoms with E-state index in [4.69, 9.17) is 31.7 Å². The normalized spacial score (nSPS) is 14.7. The molecule has 0 aliphatic carbocycles. The molecule has 9 nitrogen and oxygen atoms in total. The lowest BCUT2D eigenvalue weighted by molar-refractivity contribution is -0.149. The van der Waals surface area contributed by atoms with Gasteiger partial charge in [-0.25, -0.2) is 4.79 Å². The number of ether oxygens (including phenoxy) is 3. The number of unbranched alkanes of at least 4 members (excludes halogenated alkanes) is 1. The van der Waals surface area contributed by atoms with Gasteiger partial charge in [0.05, 0.1) is 49.3 Å². The summed E-state index contributed by atoms with van der Waals surface area (Å²) in [7, 11) is 0. The zero-order valence-electron chi connectivity index (χ0n) is 25.0. The molecule has 1 saturated heterocycles. The van der Waals surface area contributed by atoms with Crippen LogP contribution in [0.5, 0.6) is 0 Å². The van der Waals surface area contributed by atoms with Crippen LogP contribution in [-0.4, -0.2) is 68.7 Å². The third-order valence-electron chi connectivity index (χ3n) is 6.94. The van der Waals surface area contributed by atoms with Crippen LogP contribution in [0.1, 0.15) is 50.3 Å². The number of aryl methyl sites for hydroxylation is 1. The highest BCUT2D eigenvalue weighted by Gasteiger charge is 2.50. The van der Waals surface area contributed by atoms with Gasteiger partial charge in [-0.1, -0.05) is 12.1 Å². The average molecular weight is 635 g/mol. The Bertz CT molecular complexity index is 1350. The molecule has 0 unspecified atom stereocenters. The maximum Gasteiger partial charge on any atom is 0.417 e. The van der Waals surface area contributed by atoms with Crippen LogP contribution in [0.15, 0.2) is 42.5 Å². The summed E-state index contributed by atoms with van der Waals surface area (Å²) in [6, 6.07) is 12.3. The fraction of sp³-hybridized carbons (Fsp3) is 0.484. The molecule has 1 aliphatic rings. The minimum Gasteiger partial charge on any atom is -0.464 e. The minimum absolute atomic E-state index is 0.0428. The maximum absolute atomic E-state index is 13.6. The van der Waals surface area contributed by atoms with E-state index in [0.29, 0.717) is 38.7 Å². The Kier molecular flexibility index (Phi) is 12.7. The number of thiocarbonyl (C=S) groups is 1. The summed E-state index contributed by atoms with van der Waals surface area (Å²) < 4.78 is 56.1. The van der Waals surface area contributed by atoms with Crippen LogP contribution in [0.25, 0.3) is 0 Å². The highest BCUT2D eigenvalue weighted by atomic mass is 32.1. The molecule has 3 rings (SSSR count). The summed E-state index contributed by atoms with van der Waals surface area (Å²) >= 11 is 5.60. The van der Waals surface area contributed by atoms with Gasteiger partial charge >= 0.3 is 12.1 Å². The predicted molar refractivity (Wildman–Crippen MR) is 163 cm³/mol. The number of rotatable bonds is 16. The van der Waals surface area contributed by atoms with Crippen LogP contribution in [-0.2, 0) is 36.4 Å². The van der Waals surface area contributed by atoms with E-state index in [2.05, 4.69) is 5.32 Å². The standard InChI is InChI=1S/C31H37F3N4O5S/c1-4-43-27(39)21-42-18-17-41-16-15-36-14-6-5-7-22-8-11-24(12-9-22)38-29(44)37(28(40)30(38,2)3)25-13-10-23(20-35)26(19-25)31(32,33)34/h8-13,19,36H,4-7,14-18,21H2,1-3H3. The summed E-state index contributed by atoms with van der Waals surface area (Å²) in [5.74, 6) is -0.855. The summed E-state index contributed by atoms with van der Waals surface area (Å²) in [6.07, 6.45) is -2.00. The molecule has 13 heteroatoms. The smallest absolute Gasteiger partial charge is 0.417 e. The number of anilines is 2. The van der Waals surface area contributed by atoms with Gasteiger partial charge in [0.15, 0.2) is 5.11 Å². The number of hydrogen-bond acceptors (Lipinski definition) is 8. The van der Waals surface area contributed by atoms with Gasteiger partial charge in [-0.3, -0.25) is 9.69 Å². The number of hydrogen-bond donors (Lipinski definition) is 1. The number of esters is 1. The number of carbonyl (C=O) groups excluding carboxylic acids is 2. The molecule has 0 spiro atoms. The van der Waals surface area contributed by atoms with E-state index in [9.17, 15) is 22.8 Å². The van der Waals surface area contributed by atoms with Crippen molar-refractivity contribution in [2.75, 3.05) is 55.9 Å². The van der Waals surface area contributed by atoms with E-state index >= 15 is 0 Å². The number of amides is 1. The van der Waals surface area contributed by atoms with Gasteiger partial charge in [0.2, 0.25) is 0 Å². The lowest BCUT2D eigenvalue weighted by atomic mass is 10.0. The van der Waals surface area contributed by atoms with Crippen LogP contribution in [0.3, 0.4) is 0 Å². The van der Waals surface area contributed by atoms with Crippen LogP contribution in [0.4, 0.5) is 24.5 Å². The second kappa shape index (κ2) is 15.9. The average Bonchev–Trinajstić information content (AvgIpc) is 3.16. The predicted octanol–water partition coefficient (Wildman–Crippen LogP) is 5.00. The molecule has 0 saturated carbocycles. The summed E-state index contributed by atoms with van der Waals surface area (Å²) in [6.45, 7) is 8.13. The molecule has 0 aromatic heterocycles. The third-order valence-corrected chi connectivity index (χ3v) is 7.30. The highest BCUT2D eigenvalue weighted by Crippen LogP contribution is 2.39. The summed E-state index contributed by atoms with van der Waals surface area (Å²) in [5.41, 5.74) is -1.08. The van der Waals surface area contributed by atoms with Crippen molar-refractivity contribution in [2.45, 2.75) is 51.7 Å². The molecule has 2 aromatic carbocycles. The van der Waals surface area contributed by atoms with E-state index in [1.54, 1.807) is 31.7 Å². The van der Waals surface area contributed by atoms with Gasteiger partial charge in [-0.05, 0) is 94.7 Å². The quantitative estimate of drug-likeness (QED) is 0.155. The molecule has 0 bridgehead atoms. The van der Waals surface area contributed by atoms with Crippen molar-refractivity contribution in [2.24, 2.45) is 0 Å². The number of nitrogens with one attached hydrogen (secondary N) is 1. The first-order valence-corrected chi connectivity index (χ1v) is 14.7. The van der Waals surface area contributed by atoms with Crippen LogP contribution in [0, 0.1) is 11.3 Å². The number of carbonyl (C=O) groups is 2. The first-order chi connectivity index (χ1) is 20.9. The van der Waals surface area contributed by atoms with Crippen molar-refractivity contribution in [1.82, 2.24) is 5.32 Å². The zero-order valence-corrected chi connectivity index (χ0v) is 25.9. The van der Waals surface area contributed by atoms with Crippen LogP contribution in [0.2, 0.25) is 0 Å². The van der Waals surface area contributed by atoms with Crippen molar-refractivity contribution in [1.29, 1.82) is 5.26 Å². The summed E-state index contributed by atoms with van der Waals surface area (Å²) in [4.78, 5) is 27.3. The Labute approximate surface area is 260 Å². The first-order valence-electron chi connectivity index (χ1n) is 14.3. The Balaban J connectivity index is 1.46. The molecule has 238 valence electrons. The van der Waals surface area contributed by atoms with Crippen LogP contribution < -0.4 is 15.1 Å². The third kappa shape index (κ3) is 8.98. The van der Waals surface area contributed by atoms with Crippen molar-refractivity contribution in [3.05, 3.63) is 59.2 Å². The fourth-order valence-electron chi connectivity index (χ4n) is 4.70. The number of halogens is 3. The minimum atomic E-state index is -4.76. The number of nitrogens with zero attached hydrogens (tertiary/aromatic N) is 3. The SMILES string of the molecule is CCOC(=O)COCCOCCNCCCCc1ccc(N2C(=S)N(c3ccc(C#N)c(C(F)(F)F)c3)C(=O)C2(C)C)cc1. The van der Waals surface area contributed by atoms with E-state index in [1.807, 2.05) is 24.3 Å². The van der Waals surface area contributed by atoms with Gasteiger partial charge in [0, 0.05) is 12.2 Å². The van der Waals surface area contributed by atoms with Crippen LogP contribution >= 0.6 is 12.2 Å².